The number of rotatable bonds is 3. The third kappa shape index (κ3) is 3.71. The van der Waals surface area contributed by atoms with E-state index in [1.54, 1.807) is 18.6 Å². The highest BCUT2D eigenvalue weighted by Crippen LogP contribution is 2.16. The van der Waals surface area contributed by atoms with E-state index in [9.17, 15) is 4.79 Å². The molecule has 1 saturated heterocycles. The zero-order valence-corrected chi connectivity index (χ0v) is 13.3. The van der Waals surface area contributed by atoms with Crippen LogP contribution in [0.1, 0.15) is 29.6 Å². The van der Waals surface area contributed by atoms with Crippen LogP contribution in [-0.2, 0) is 0 Å². The molecule has 3 rings (SSSR count). The van der Waals surface area contributed by atoms with Gasteiger partial charge in [0.25, 0.3) is 5.91 Å². The van der Waals surface area contributed by atoms with Gasteiger partial charge in [0.1, 0.15) is 5.69 Å². The van der Waals surface area contributed by atoms with Gasteiger partial charge in [-0.15, -0.1) is 0 Å². The predicted molar refractivity (Wildman–Crippen MR) is 87.9 cm³/mol. The van der Waals surface area contributed by atoms with E-state index in [0.29, 0.717) is 17.1 Å². The van der Waals surface area contributed by atoms with Crippen LogP contribution in [0.5, 0.6) is 0 Å². The molecule has 1 aliphatic rings. The summed E-state index contributed by atoms with van der Waals surface area (Å²) in [5.41, 5.74) is 1.22. The zero-order chi connectivity index (χ0) is 16.1. The Labute approximate surface area is 136 Å². The van der Waals surface area contributed by atoms with Crippen molar-refractivity contribution in [3.8, 4) is 11.5 Å². The van der Waals surface area contributed by atoms with E-state index < -0.39 is 0 Å². The molecule has 1 N–H and O–H groups in total. The zero-order valence-electron chi connectivity index (χ0n) is 13.3. The smallest absolute Gasteiger partial charge is 0.256 e. The minimum Gasteiger partial charge on any atom is -0.339 e. The van der Waals surface area contributed by atoms with Crippen molar-refractivity contribution in [3.05, 3.63) is 42.4 Å². The molecule has 6 nitrogen and oxygen atoms in total. The summed E-state index contributed by atoms with van der Waals surface area (Å²) in [6.07, 6.45) is 7.98. The first kappa shape index (κ1) is 15.6. The highest BCUT2D eigenvalue weighted by molar-refractivity contribution is 5.93. The lowest BCUT2D eigenvalue weighted by Gasteiger charge is -2.26. The average molecular weight is 311 g/mol. The third-order valence-corrected chi connectivity index (χ3v) is 4.21. The molecule has 1 aliphatic heterocycles. The molecule has 0 aliphatic carbocycles. The summed E-state index contributed by atoms with van der Waals surface area (Å²) in [6, 6.07) is 5.85. The Kier molecular flexibility index (Phi) is 4.92. The van der Waals surface area contributed by atoms with E-state index in [0.717, 1.165) is 32.4 Å². The van der Waals surface area contributed by atoms with Gasteiger partial charge >= 0.3 is 0 Å². The molecule has 1 atom stereocenters. The van der Waals surface area contributed by atoms with Crippen molar-refractivity contribution >= 4 is 5.91 Å². The fourth-order valence-corrected chi connectivity index (χ4v) is 2.82. The fourth-order valence-electron chi connectivity index (χ4n) is 2.82. The van der Waals surface area contributed by atoms with Gasteiger partial charge in [-0.05, 0) is 44.5 Å². The molecule has 0 spiro atoms. The largest absolute Gasteiger partial charge is 0.339 e. The number of pyridine rings is 1. The van der Waals surface area contributed by atoms with Crippen LogP contribution in [-0.4, -0.2) is 51.9 Å². The van der Waals surface area contributed by atoms with Crippen LogP contribution in [0.2, 0.25) is 0 Å². The van der Waals surface area contributed by atoms with Gasteiger partial charge in [-0.3, -0.25) is 9.78 Å². The van der Waals surface area contributed by atoms with Crippen LogP contribution >= 0.6 is 0 Å². The summed E-state index contributed by atoms with van der Waals surface area (Å²) in [4.78, 5) is 27.2. The Hall–Kier alpha value is -2.34. The minimum atomic E-state index is -0.0236. The number of carbonyl (C=O) groups excluding carboxylic acids is 1. The van der Waals surface area contributed by atoms with Gasteiger partial charge in [-0.25, -0.2) is 9.97 Å². The second-order valence-corrected chi connectivity index (χ2v) is 5.76. The molecular formula is C17H21N5O. The van der Waals surface area contributed by atoms with E-state index in [1.807, 2.05) is 30.1 Å². The summed E-state index contributed by atoms with van der Waals surface area (Å²) >= 11 is 0. The average Bonchev–Trinajstić information content (AvgIpc) is 2.91. The highest BCUT2D eigenvalue weighted by Gasteiger charge is 2.22. The van der Waals surface area contributed by atoms with E-state index in [1.165, 1.54) is 0 Å². The first-order valence-corrected chi connectivity index (χ1v) is 7.97. The second-order valence-electron chi connectivity index (χ2n) is 5.76. The van der Waals surface area contributed by atoms with Crippen molar-refractivity contribution in [2.24, 2.45) is 0 Å². The molecule has 0 saturated carbocycles. The van der Waals surface area contributed by atoms with E-state index in [-0.39, 0.29) is 11.9 Å². The van der Waals surface area contributed by atoms with Crippen molar-refractivity contribution in [1.82, 2.24) is 25.2 Å². The molecule has 6 heteroatoms. The molecule has 23 heavy (non-hydrogen) atoms. The van der Waals surface area contributed by atoms with Gasteiger partial charge in [0, 0.05) is 31.7 Å². The summed E-state index contributed by atoms with van der Waals surface area (Å²) in [5.74, 6) is 0.507. The Morgan fingerprint density at radius 1 is 1.17 bits per heavy atom. The second kappa shape index (κ2) is 7.28. The SMILES string of the molecule is CN(C(=O)c1cnc(-c2ccccn2)nc1)C1CCCNCC1. The number of amides is 1. The lowest BCUT2D eigenvalue weighted by atomic mass is 10.1. The van der Waals surface area contributed by atoms with Crippen LogP contribution < -0.4 is 5.32 Å². The molecule has 2 aromatic heterocycles. The molecule has 2 aromatic rings. The molecule has 1 fully saturated rings. The molecule has 0 bridgehead atoms. The van der Waals surface area contributed by atoms with Crippen LogP contribution in [0.25, 0.3) is 11.5 Å². The maximum Gasteiger partial charge on any atom is 0.256 e. The van der Waals surface area contributed by atoms with E-state index >= 15 is 0 Å². The molecule has 1 unspecified atom stereocenters. The highest BCUT2D eigenvalue weighted by atomic mass is 16.2. The van der Waals surface area contributed by atoms with E-state index in [4.69, 9.17) is 0 Å². The molecular weight excluding hydrogens is 290 g/mol. The third-order valence-electron chi connectivity index (χ3n) is 4.21. The Morgan fingerprint density at radius 2 is 2.00 bits per heavy atom. The quantitative estimate of drug-likeness (QED) is 0.935. The lowest BCUT2D eigenvalue weighted by Crippen LogP contribution is -2.37. The first-order chi connectivity index (χ1) is 11.3. The van der Waals surface area contributed by atoms with Crippen LogP contribution in [0, 0.1) is 0 Å². The Bertz CT molecular complexity index is 636. The van der Waals surface area contributed by atoms with Crippen LogP contribution in [0.3, 0.4) is 0 Å². The van der Waals surface area contributed by atoms with Gasteiger partial charge in [0.05, 0.1) is 5.56 Å². The summed E-state index contributed by atoms with van der Waals surface area (Å²) in [5, 5.41) is 3.37. The van der Waals surface area contributed by atoms with Crippen LogP contribution in [0.15, 0.2) is 36.8 Å². The number of hydrogen-bond donors (Lipinski definition) is 1. The molecule has 120 valence electrons. The van der Waals surface area contributed by atoms with Crippen molar-refractivity contribution < 1.29 is 4.79 Å². The maximum atomic E-state index is 12.6. The number of carbonyl (C=O) groups is 1. The Morgan fingerprint density at radius 3 is 2.74 bits per heavy atom. The molecule has 0 aromatic carbocycles. The molecule has 1 amide bonds. The van der Waals surface area contributed by atoms with Gasteiger partial charge < -0.3 is 10.2 Å². The Balaban J connectivity index is 1.72. The lowest BCUT2D eigenvalue weighted by molar-refractivity contribution is 0.0719. The summed E-state index contributed by atoms with van der Waals surface area (Å²) < 4.78 is 0. The van der Waals surface area contributed by atoms with Crippen LogP contribution in [0.4, 0.5) is 0 Å². The molecule has 3 heterocycles. The number of nitrogens with one attached hydrogen (secondary N) is 1. The van der Waals surface area contributed by atoms with Crippen molar-refractivity contribution in [2.45, 2.75) is 25.3 Å². The van der Waals surface area contributed by atoms with E-state index in [2.05, 4.69) is 20.3 Å². The van der Waals surface area contributed by atoms with Crippen molar-refractivity contribution in [1.29, 1.82) is 0 Å². The number of aromatic nitrogens is 3. The van der Waals surface area contributed by atoms with Gasteiger partial charge in [0.2, 0.25) is 0 Å². The number of nitrogens with zero attached hydrogens (tertiary/aromatic N) is 4. The standard InChI is InChI=1S/C17H21N5O/c1-22(14-5-4-8-18-10-7-14)17(23)13-11-20-16(21-12-13)15-6-2-3-9-19-15/h2-3,6,9,11-12,14,18H,4-5,7-8,10H2,1H3. The molecule has 0 radical (unpaired) electrons. The first-order valence-electron chi connectivity index (χ1n) is 7.97. The fraction of sp³-hybridized carbons (Fsp3) is 0.412. The normalized spacial score (nSPS) is 18.2. The summed E-state index contributed by atoms with van der Waals surface area (Å²) in [7, 11) is 1.87. The maximum absolute atomic E-state index is 12.6. The van der Waals surface area contributed by atoms with Gasteiger partial charge in [-0.1, -0.05) is 6.07 Å². The van der Waals surface area contributed by atoms with Gasteiger partial charge in [0.15, 0.2) is 5.82 Å². The van der Waals surface area contributed by atoms with Crippen molar-refractivity contribution in [3.63, 3.8) is 0 Å². The number of hydrogen-bond acceptors (Lipinski definition) is 5. The van der Waals surface area contributed by atoms with Gasteiger partial charge in [-0.2, -0.15) is 0 Å². The summed E-state index contributed by atoms with van der Waals surface area (Å²) in [6.45, 7) is 1.98. The monoisotopic (exact) mass is 311 g/mol. The van der Waals surface area contributed by atoms with Crippen molar-refractivity contribution in [2.75, 3.05) is 20.1 Å². The minimum absolute atomic E-state index is 0.0236. The predicted octanol–water partition coefficient (Wildman–Crippen LogP) is 1.75. The topological polar surface area (TPSA) is 71.0 Å².